The maximum absolute atomic E-state index is 9.62. The van der Waals surface area contributed by atoms with Gasteiger partial charge in [0.25, 0.3) is 0 Å². The van der Waals surface area contributed by atoms with Gasteiger partial charge in [-0.25, -0.2) is 0 Å². The minimum atomic E-state index is -1.92. The first-order chi connectivity index (χ1) is 7.32. The van der Waals surface area contributed by atoms with Crippen LogP contribution in [-0.4, -0.2) is 10.3 Å². The van der Waals surface area contributed by atoms with Crippen molar-refractivity contribution < 1.29 is 12.4 Å². The van der Waals surface area contributed by atoms with Crippen LogP contribution in [0.5, 0.6) is 0 Å². The van der Waals surface area contributed by atoms with Crippen LogP contribution < -0.4 is 5.73 Å². The molecule has 1 aromatic heterocycles. The van der Waals surface area contributed by atoms with Crippen LogP contribution in [0.3, 0.4) is 0 Å². The monoisotopic (exact) mass is 195 g/mol. The molecule has 4 heteroatoms. The van der Waals surface area contributed by atoms with Crippen molar-refractivity contribution in [2.75, 3.05) is 5.73 Å². The summed E-state index contributed by atoms with van der Waals surface area (Å²) >= 11 is 0. The molecule has 14 heavy (non-hydrogen) atoms. The van der Waals surface area contributed by atoms with Gasteiger partial charge in [-0.05, 0) is 26.0 Å². The Morgan fingerprint density at radius 2 is 2.57 bits per heavy atom. The Kier molecular flexibility index (Phi) is 1.46. The van der Waals surface area contributed by atoms with E-state index in [-0.39, 0.29) is 22.9 Å². The number of fused-ring (bicyclic) bond motifs is 1. The molecule has 0 amide bonds. The van der Waals surface area contributed by atoms with E-state index in [0.29, 0.717) is 11.1 Å². The molecule has 0 spiro atoms. The van der Waals surface area contributed by atoms with E-state index < -0.39 is 6.08 Å². The Bertz CT molecular complexity index is 558. The standard InChI is InChI=1S/C10H12N2O2/c1-5-7-3-9(11)8(6(2)13)4-10(7)14-12-5/h3-4,6,13H,11H2,1-2H3/i4T,6D. The fourth-order valence-electron chi connectivity index (χ4n) is 1.35. The lowest BCUT2D eigenvalue weighted by Crippen LogP contribution is -1.97. The van der Waals surface area contributed by atoms with Crippen LogP contribution in [-0.2, 0) is 0 Å². The second-order valence-corrected chi connectivity index (χ2v) is 3.20. The number of aromatic nitrogens is 1. The van der Waals surface area contributed by atoms with Crippen LogP contribution >= 0.6 is 0 Å². The zero-order chi connectivity index (χ0) is 12.1. The molecular formula is C10H12N2O2. The molecule has 0 aliphatic rings. The summed E-state index contributed by atoms with van der Waals surface area (Å²) in [7, 11) is 0. The molecular weight excluding hydrogens is 180 g/mol. The Hall–Kier alpha value is -1.55. The average Bonchev–Trinajstić information content (AvgIpc) is 2.46. The minimum Gasteiger partial charge on any atom is -0.398 e. The summed E-state index contributed by atoms with van der Waals surface area (Å²) < 4.78 is 20.4. The van der Waals surface area contributed by atoms with Gasteiger partial charge in [-0.15, -0.1) is 0 Å². The fourth-order valence-corrected chi connectivity index (χ4v) is 1.35. The number of rotatable bonds is 1. The van der Waals surface area contributed by atoms with Gasteiger partial charge in [-0.2, -0.15) is 0 Å². The third-order valence-electron chi connectivity index (χ3n) is 2.10. The normalized spacial score (nSPS) is 17.6. The highest BCUT2D eigenvalue weighted by atomic mass is 16.5. The van der Waals surface area contributed by atoms with Crippen molar-refractivity contribution in [3.63, 3.8) is 0 Å². The van der Waals surface area contributed by atoms with E-state index in [9.17, 15) is 5.11 Å². The summed E-state index contributed by atoms with van der Waals surface area (Å²) in [6.45, 7) is 3.00. The van der Waals surface area contributed by atoms with Gasteiger partial charge in [0.15, 0.2) is 5.58 Å². The largest absolute Gasteiger partial charge is 0.398 e. The van der Waals surface area contributed by atoms with Gasteiger partial charge in [0.05, 0.1) is 14.5 Å². The Labute approximate surface area is 84.1 Å². The quantitative estimate of drug-likeness (QED) is 0.680. The molecule has 1 heterocycles. The van der Waals surface area contributed by atoms with Gasteiger partial charge in [0, 0.05) is 16.6 Å². The van der Waals surface area contributed by atoms with Crippen molar-refractivity contribution in [1.82, 2.24) is 5.16 Å². The highest BCUT2D eigenvalue weighted by Crippen LogP contribution is 2.27. The molecule has 0 bridgehead atoms. The fraction of sp³-hybridized carbons (Fsp3) is 0.300. The first-order valence-electron chi connectivity index (χ1n) is 5.20. The molecule has 1 aromatic carbocycles. The Balaban J connectivity index is 2.87. The molecule has 0 saturated carbocycles. The van der Waals surface area contributed by atoms with E-state index in [2.05, 4.69) is 5.16 Å². The number of nitrogen functional groups attached to an aromatic ring is 1. The van der Waals surface area contributed by atoms with Crippen LogP contribution in [0.1, 0.15) is 27.0 Å². The van der Waals surface area contributed by atoms with E-state index in [1.54, 1.807) is 13.0 Å². The number of hydrogen-bond donors (Lipinski definition) is 2. The summed E-state index contributed by atoms with van der Waals surface area (Å²) in [6.07, 6.45) is -1.92. The van der Waals surface area contributed by atoms with Crippen LogP contribution in [0.2, 0.25) is 0 Å². The molecule has 3 N–H and O–H groups in total. The number of anilines is 1. The number of aliphatic hydroxyl groups is 1. The first kappa shape index (κ1) is 6.84. The Morgan fingerprint density at radius 1 is 1.86 bits per heavy atom. The first-order valence-corrected chi connectivity index (χ1v) is 4.20. The van der Waals surface area contributed by atoms with Crippen molar-refractivity contribution in [1.29, 1.82) is 0 Å². The van der Waals surface area contributed by atoms with Crippen molar-refractivity contribution in [3.05, 3.63) is 23.4 Å². The molecule has 4 nitrogen and oxygen atoms in total. The molecule has 2 aromatic rings. The maximum Gasteiger partial charge on any atom is 0.167 e. The summed E-state index contributed by atoms with van der Waals surface area (Å²) in [6, 6.07) is 1.48. The number of benzene rings is 1. The van der Waals surface area contributed by atoms with Crippen LogP contribution in [0.4, 0.5) is 5.69 Å². The number of aryl methyl sites for hydroxylation is 1. The van der Waals surface area contributed by atoms with E-state index >= 15 is 0 Å². The minimum absolute atomic E-state index is 0.0381. The van der Waals surface area contributed by atoms with E-state index in [4.69, 9.17) is 13.0 Å². The van der Waals surface area contributed by atoms with Gasteiger partial charge in [-0.1, -0.05) is 5.16 Å². The van der Waals surface area contributed by atoms with Crippen LogP contribution in [0.25, 0.3) is 11.0 Å². The van der Waals surface area contributed by atoms with Gasteiger partial charge >= 0.3 is 0 Å². The average molecular weight is 195 g/mol. The van der Waals surface area contributed by atoms with Crippen molar-refractivity contribution in [2.24, 2.45) is 0 Å². The van der Waals surface area contributed by atoms with E-state index in [1.165, 1.54) is 6.92 Å². The molecule has 2 rings (SSSR count). The third-order valence-corrected chi connectivity index (χ3v) is 2.10. The molecule has 0 radical (unpaired) electrons. The van der Waals surface area contributed by atoms with Gasteiger partial charge in [0.1, 0.15) is 0 Å². The van der Waals surface area contributed by atoms with Crippen molar-refractivity contribution in [2.45, 2.75) is 19.9 Å². The van der Waals surface area contributed by atoms with Crippen LogP contribution in [0, 0.1) is 6.92 Å². The van der Waals surface area contributed by atoms with E-state index in [0.717, 1.165) is 0 Å². The molecule has 0 fully saturated rings. The number of hydrogen-bond acceptors (Lipinski definition) is 4. The molecule has 0 aliphatic heterocycles. The lowest BCUT2D eigenvalue weighted by Gasteiger charge is -2.07. The van der Waals surface area contributed by atoms with Gasteiger partial charge in [-0.3, -0.25) is 0 Å². The van der Waals surface area contributed by atoms with Crippen LogP contribution in [0.15, 0.2) is 16.6 Å². The smallest absolute Gasteiger partial charge is 0.167 e. The SMILES string of the molecule is [2H]C(C)(O)c1c(N)cc2c(C)noc2c1[3H]. The van der Waals surface area contributed by atoms with Gasteiger partial charge < -0.3 is 15.4 Å². The number of nitrogens with zero attached hydrogens (tertiary/aromatic N) is 1. The van der Waals surface area contributed by atoms with Crippen molar-refractivity contribution >= 4 is 16.7 Å². The second kappa shape index (κ2) is 2.99. The van der Waals surface area contributed by atoms with E-state index in [1.807, 2.05) is 0 Å². The zero-order valence-electron chi connectivity index (χ0n) is 9.96. The highest BCUT2D eigenvalue weighted by Gasteiger charge is 2.11. The Morgan fingerprint density at radius 3 is 3.21 bits per heavy atom. The predicted molar refractivity (Wildman–Crippen MR) is 53.8 cm³/mol. The lowest BCUT2D eigenvalue weighted by atomic mass is 10.1. The molecule has 0 aliphatic carbocycles. The summed E-state index contributed by atoms with van der Waals surface area (Å²) in [5.41, 5.74) is 6.84. The summed E-state index contributed by atoms with van der Waals surface area (Å²) in [4.78, 5) is 0. The molecule has 74 valence electrons. The maximum atomic E-state index is 9.62. The lowest BCUT2D eigenvalue weighted by molar-refractivity contribution is 0.200. The molecule has 1 atom stereocenters. The van der Waals surface area contributed by atoms with Crippen molar-refractivity contribution in [3.8, 4) is 0 Å². The molecule has 1 unspecified atom stereocenters. The summed E-state index contributed by atoms with van der Waals surface area (Å²) in [5, 5.41) is 14.0. The molecule has 0 saturated heterocycles. The third kappa shape index (κ3) is 1.24. The second-order valence-electron chi connectivity index (χ2n) is 3.20. The number of nitrogens with two attached hydrogens (primary N) is 1. The van der Waals surface area contributed by atoms with Gasteiger partial charge in [0.2, 0.25) is 0 Å². The highest BCUT2D eigenvalue weighted by molar-refractivity contribution is 5.84. The zero-order valence-corrected chi connectivity index (χ0v) is 7.96. The topological polar surface area (TPSA) is 72.3 Å². The predicted octanol–water partition coefficient (Wildman–Crippen LogP) is 1.77. The summed E-state index contributed by atoms with van der Waals surface area (Å²) in [5.74, 6) is 0.